The quantitative estimate of drug-likeness (QED) is 0.811. The third-order valence-electron chi connectivity index (χ3n) is 2.81. The Morgan fingerprint density at radius 2 is 2.28 bits per heavy atom. The second kappa shape index (κ2) is 5.45. The molecular weight excluding hydrogens is 224 g/mol. The molecule has 0 spiro atoms. The van der Waals surface area contributed by atoms with Crippen molar-refractivity contribution >= 4 is 11.8 Å². The summed E-state index contributed by atoms with van der Waals surface area (Å²) in [7, 11) is 1.61. The van der Waals surface area contributed by atoms with E-state index in [1.165, 1.54) is 0 Å². The standard InChI is InChI=1S/C15H16N2O/c1-4-12(9-14-11(2)7-8-16-14)13-5-6-15(18-3)17-10-13/h4-6,8-10H,2,7H2,1,3H3/b12-4+,14-9+. The highest BCUT2D eigenvalue weighted by atomic mass is 16.5. The van der Waals surface area contributed by atoms with Crippen molar-refractivity contribution in [2.45, 2.75) is 13.3 Å². The molecule has 0 saturated heterocycles. The molecular formula is C15H16N2O. The zero-order valence-electron chi connectivity index (χ0n) is 10.7. The molecule has 0 atom stereocenters. The largest absolute Gasteiger partial charge is 0.481 e. The van der Waals surface area contributed by atoms with E-state index in [2.05, 4.69) is 16.6 Å². The zero-order chi connectivity index (χ0) is 13.0. The average Bonchev–Trinajstić information content (AvgIpc) is 2.81. The molecule has 0 N–H and O–H groups in total. The summed E-state index contributed by atoms with van der Waals surface area (Å²) < 4.78 is 5.05. The van der Waals surface area contributed by atoms with Gasteiger partial charge in [0.1, 0.15) is 0 Å². The molecule has 0 amide bonds. The van der Waals surface area contributed by atoms with Gasteiger partial charge in [-0.15, -0.1) is 0 Å². The molecule has 0 bridgehead atoms. The summed E-state index contributed by atoms with van der Waals surface area (Å²) in [5.41, 5.74) is 4.12. The second-order valence-electron chi connectivity index (χ2n) is 3.98. The van der Waals surface area contributed by atoms with Gasteiger partial charge in [-0.1, -0.05) is 12.7 Å². The number of allylic oxidation sites excluding steroid dienone is 4. The maximum atomic E-state index is 5.05. The Balaban J connectivity index is 2.29. The second-order valence-corrected chi connectivity index (χ2v) is 3.98. The van der Waals surface area contributed by atoms with Crippen molar-refractivity contribution in [1.82, 2.24) is 4.98 Å². The van der Waals surface area contributed by atoms with Gasteiger partial charge in [0, 0.05) is 30.5 Å². The molecule has 1 aliphatic heterocycles. The minimum absolute atomic E-state index is 0.616. The van der Waals surface area contributed by atoms with Gasteiger partial charge in [-0.2, -0.15) is 0 Å². The monoisotopic (exact) mass is 240 g/mol. The van der Waals surface area contributed by atoms with Crippen LogP contribution in [-0.4, -0.2) is 18.3 Å². The van der Waals surface area contributed by atoms with E-state index < -0.39 is 0 Å². The Kier molecular flexibility index (Phi) is 3.72. The molecule has 3 heteroatoms. The summed E-state index contributed by atoms with van der Waals surface area (Å²) in [6.45, 7) is 5.99. The summed E-state index contributed by atoms with van der Waals surface area (Å²) in [5, 5.41) is 0. The van der Waals surface area contributed by atoms with Crippen molar-refractivity contribution in [3.63, 3.8) is 0 Å². The van der Waals surface area contributed by atoms with Crippen LogP contribution < -0.4 is 4.74 Å². The zero-order valence-corrected chi connectivity index (χ0v) is 10.7. The third-order valence-corrected chi connectivity index (χ3v) is 2.81. The molecule has 0 aromatic carbocycles. The van der Waals surface area contributed by atoms with Gasteiger partial charge in [0.05, 0.1) is 12.8 Å². The predicted octanol–water partition coefficient (Wildman–Crippen LogP) is 3.41. The minimum atomic E-state index is 0.616. The van der Waals surface area contributed by atoms with Crippen molar-refractivity contribution < 1.29 is 4.74 Å². The van der Waals surface area contributed by atoms with E-state index in [-0.39, 0.29) is 0 Å². The number of rotatable bonds is 3. The van der Waals surface area contributed by atoms with Crippen LogP contribution in [0, 0.1) is 0 Å². The van der Waals surface area contributed by atoms with E-state index >= 15 is 0 Å². The average molecular weight is 240 g/mol. The number of pyridine rings is 1. The van der Waals surface area contributed by atoms with Gasteiger partial charge in [-0.3, -0.25) is 4.99 Å². The van der Waals surface area contributed by atoms with Crippen molar-refractivity contribution in [2.75, 3.05) is 7.11 Å². The molecule has 0 saturated carbocycles. The molecule has 1 aromatic heterocycles. The maximum absolute atomic E-state index is 5.05. The van der Waals surface area contributed by atoms with E-state index in [1.807, 2.05) is 37.4 Å². The van der Waals surface area contributed by atoms with Crippen LogP contribution in [-0.2, 0) is 0 Å². The van der Waals surface area contributed by atoms with Crippen LogP contribution in [0.1, 0.15) is 18.9 Å². The Hall–Kier alpha value is -2.16. The Labute approximate surface area is 107 Å². The molecule has 3 nitrogen and oxygen atoms in total. The SMILES string of the molecule is C=C1CC=N/C1=C/C(=C\C)c1ccc(OC)nc1. The topological polar surface area (TPSA) is 34.5 Å². The van der Waals surface area contributed by atoms with E-state index in [9.17, 15) is 0 Å². The third kappa shape index (κ3) is 2.56. The van der Waals surface area contributed by atoms with Crippen molar-refractivity contribution in [3.8, 4) is 5.88 Å². The molecule has 1 aliphatic rings. The van der Waals surface area contributed by atoms with E-state index in [0.29, 0.717) is 5.88 Å². The molecule has 2 rings (SSSR count). The lowest BCUT2D eigenvalue weighted by Crippen LogP contribution is -1.89. The summed E-state index contributed by atoms with van der Waals surface area (Å²) in [4.78, 5) is 8.52. The number of aliphatic imine (C=N–C) groups is 1. The van der Waals surface area contributed by atoms with E-state index in [4.69, 9.17) is 4.74 Å². The Morgan fingerprint density at radius 1 is 1.44 bits per heavy atom. The lowest BCUT2D eigenvalue weighted by molar-refractivity contribution is 0.398. The Morgan fingerprint density at radius 3 is 2.78 bits per heavy atom. The number of ether oxygens (including phenoxy) is 1. The van der Waals surface area contributed by atoms with Crippen LogP contribution in [0.2, 0.25) is 0 Å². The van der Waals surface area contributed by atoms with Crippen LogP contribution in [0.5, 0.6) is 5.88 Å². The maximum Gasteiger partial charge on any atom is 0.212 e. The van der Waals surface area contributed by atoms with Gasteiger partial charge < -0.3 is 4.74 Å². The van der Waals surface area contributed by atoms with E-state index in [1.54, 1.807) is 13.3 Å². The fraction of sp³-hybridized carbons (Fsp3) is 0.200. The number of nitrogens with zero attached hydrogens (tertiary/aromatic N) is 2. The summed E-state index contributed by atoms with van der Waals surface area (Å²) in [6, 6.07) is 3.84. The summed E-state index contributed by atoms with van der Waals surface area (Å²) in [6.07, 6.45) is 8.59. The molecule has 0 radical (unpaired) electrons. The fourth-order valence-electron chi connectivity index (χ4n) is 1.74. The minimum Gasteiger partial charge on any atom is -0.481 e. The highest BCUT2D eigenvalue weighted by molar-refractivity contribution is 5.78. The van der Waals surface area contributed by atoms with Crippen LogP contribution in [0.3, 0.4) is 0 Å². The first-order chi connectivity index (χ1) is 8.74. The van der Waals surface area contributed by atoms with Gasteiger partial charge >= 0.3 is 0 Å². The first-order valence-corrected chi connectivity index (χ1v) is 5.83. The van der Waals surface area contributed by atoms with Crippen LogP contribution in [0.4, 0.5) is 0 Å². The predicted molar refractivity (Wildman–Crippen MR) is 74.8 cm³/mol. The van der Waals surface area contributed by atoms with Gasteiger partial charge in [-0.05, 0) is 30.2 Å². The van der Waals surface area contributed by atoms with Crippen molar-refractivity contribution in [3.05, 3.63) is 53.9 Å². The van der Waals surface area contributed by atoms with Crippen LogP contribution in [0.25, 0.3) is 5.57 Å². The number of hydrogen-bond donors (Lipinski definition) is 0. The first kappa shape index (κ1) is 12.3. The molecule has 0 aliphatic carbocycles. The highest BCUT2D eigenvalue weighted by Crippen LogP contribution is 2.25. The molecule has 1 aromatic rings. The summed E-state index contributed by atoms with van der Waals surface area (Å²) >= 11 is 0. The molecule has 0 fully saturated rings. The highest BCUT2D eigenvalue weighted by Gasteiger charge is 2.08. The normalized spacial score (nSPS) is 17.6. The fourth-order valence-corrected chi connectivity index (χ4v) is 1.74. The lowest BCUT2D eigenvalue weighted by atomic mass is 10.0. The smallest absolute Gasteiger partial charge is 0.212 e. The van der Waals surface area contributed by atoms with Gasteiger partial charge in [0.25, 0.3) is 0 Å². The van der Waals surface area contributed by atoms with Gasteiger partial charge in [-0.25, -0.2) is 4.98 Å². The van der Waals surface area contributed by atoms with E-state index in [0.717, 1.165) is 28.8 Å². The van der Waals surface area contributed by atoms with Crippen molar-refractivity contribution in [2.24, 2.45) is 4.99 Å². The molecule has 0 unspecified atom stereocenters. The molecule has 2 heterocycles. The number of methoxy groups -OCH3 is 1. The lowest BCUT2D eigenvalue weighted by Gasteiger charge is -2.05. The van der Waals surface area contributed by atoms with Gasteiger partial charge in [0.2, 0.25) is 5.88 Å². The Bertz CT molecular complexity index is 536. The molecule has 18 heavy (non-hydrogen) atoms. The van der Waals surface area contributed by atoms with Crippen LogP contribution in [0.15, 0.2) is 53.3 Å². The number of hydrogen-bond acceptors (Lipinski definition) is 3. The summed E-state index contributed by atoms with van der Waals surface area (Å²) in [5.74, 6) is 0.616. The van der Waals surface area contributed by atoms with Gasteiger partial charge in [0.15, 0.2) is 0 Å². The van der Waals surface area contributed by atoms with Crippen LogP contribution >= 0.6 is 0 Å². The number of aromatic nitrogens is 1. The first-order valence-electron chi connectivity index (χ1n) is 5.83. The molecule has 92 valence electrons. The van der Waals surface area contributed by atoms with Crippen molar-refractivity contribution in [1.29, 1.82) is 0 Å².